The molecule has 0 radical (unpaired) electrons. The van der Waals surface area contributed by atoms with Gasteiger partial charge >= 0.3 is 0 Å². The number of aromatic nitrogens is 1. The highest BCUT2D eigenvalue weighted by molar-refractivity contribution is 8.93. The molecular formula is C24H32BrN3. The van der Waals surface area contributed by atoms with Crippen molar-refractivity contribution >= 4 is 44.5 Å². The number of anilines is 1. The Bertz CT molecular complexity index is 944. The van der Waals surface area contributed by atoms with Gasteiger partial charge in [-0.2, -0.15) is 0 Å². The minimum atomic E-state index is 0. The summed E-state index contributed by atoms with van der Waals surface area (Å²) in [5.41, 5.74) is 3.87. The molecular weight excluding hydrogens is 410 g/mol. The summed E-state index contributed by atoms with van der Waals surface area (Å²) in [5, 5.41) is 2.68. The number of rotatable bonds is 8. The highest BCUT2D eigenvalue weighted by atomic mass is 79.9. The van der Waals surface area contributed by atoms with Crippen LogP contribution in [0.1, 0.15) is 45.4 Å². The maximum Gasteiger partial charge on any atom is 0.0941 e. The molecule has 0 amide bonds. The molecule has 1 aliphatic rings. The van der Waals surface area contributed by atoms with Crippen molar-refractivity contribution in [1.82, 2.24) is 9.47 Å². The molecule has 0 atom stereocenters. The van der Waals surface area contributed by atoms with Crippen LogP contribution in [-0.2, 0) is 7.05 Å². The fourth-order valence-corrected chi connectivity index (χ4v) is 4.21. The Morgan fingerprint density at radius 1 is 0.821 bits per heavy atom. The number of benzene rings is 2. The zero-order valence-electron chi connectivity index (χ0n) is 17.1. The molecule has 0 saturated carbocycles. The molecule has 3 aromatic rings. The third-order valence-corrected chi connectivity index (χ3v) is 5.82. The first-order valence-corrected chi connectivity index (χ1v) is 10.4. The van der Waals surface area contributed by atoms with Gasteiger partial charge in [-0.05, 0) is 30.7 Å². The van der Waals surface area contributed by atoms with E-state index in [1.165, 1.54) is 66.0 Å². The van der Waals surface area contributed by atoms with E-state index in [0.717, 1.165) is 13.2 Å². The lowest BCUT2D eigenvalue weighted by molar-refractivity contribution is 0.388. The molecule has 3 nitrogen and oxygen atoms in total. The van der Waals surface area contributed by atoms with Crippen LogP contribution in [0.15, 0.2) is 54.9 Å². The zero-order chi connectivity index (χ0) is 18.6. The lowest BCUT2D eigenvalue weighted by Gasteiger charge is -2.21. The Morgan fingerprint density at radius 2 is 1.57 bits per heavy atom. The average molecular weight is 442 g/mol. The number of halogens is 1. The van der Waals surface area contributed by atoms with Crippen LogP contribution >= 0.6 is 17.0 Å². The fraction of sp³-hybridized carbons (Fsp3) is 0.417. The predicted octanol–water partition coefficient (Wildman–Crippen LogP) is 6.82. The highest BCUT2D eigenvalue weighted by Crippen LogP contribution is 2.32. The molecule has 0 bridgehead atoms. The lowest BCUT2D eigenvalue weighted by Crippen LogP contribution is -2.25. The molecule has 0 aliphatic carbocycles. The lowest BCUT2D eigenvalue weighted by atomic mass is 10.1. The van der Waals surface area contributed by atoms with E-state index in [1.807, 2.05) is 0 Å². The van der Waals surface area contributed by atoms with Gasteiger partial charge in [-0.25, -0.2) is 0 Å². The Morgan fingerprint density at radius 3 is 2.43 bits per heavy atom. The van der Waals surface area contributed by atoms with Gasteiger partial charge in [0.05, 0.1) is 6.67 Å². The Hall–Kier alpha value is -1.94. The first-order chi connectivity index (χ1) is 13.3. The number of fused-ring (bicyclic) bond motifs is 3. The molecule has 4 rings (SSSR count). The van der Waals surface area contributed by atoms with Crippen molar-refractivity contribution in [2.45, 2.75) is 45.4 Å². The van der Waals surface area contributed by atoms with Crippen molar-refractivity contribution < 1.29 is 0 Å². The molecule has 1 aliphatic heterocycles. The van der Waals surface area contributed by atoms with E-state index in [9.17, 15) is 0 Å². The Balaban J connectivity index is 0.00000225. The van der Waals surface area contributed by atoms with Crippen molar-refractivity contribution in [2.24, 2.45) is 7.05 Å². The van der Waals surface area contributed by atoms with Crippen molar-refractivity contribution in [3.63, 3.8) is 0 Å². The van der Waals surface area contributed by atoms with Crippen LogP contribution in [0.25, 0.3) is 21.8 Å². The van der Waals surface area contributed by atoms with Crippen LogP contribution in [0.5, 0.6) is 0 Å². The number of hydrogen-bond acceptors (Lipinski definition) is 2. The molecule has 1 aromatic heterocycles. The predicted molar refractivity (Wildman–Crippen MR) is 127 cm³/mol. The van der Waals surface area contributed by atoms with Crippen LogP contribution in [0.3, 0.4) is 0 Å². The van der Waals surface area contributed by atoms with Gasteiger partial charge in [0.15, 0.2) is 0 Å². The van der Waals surface area contributed by atoms with Gasteiger partial charge in [0.2, 0.25) is 0 Å². The van der Waals surface area contributed by atoms with E-state index in [4.69, 9.17) is 0 Å². The molecule has 0 spiro atoms. The minimum absolute atomic E-state index is 0. The van der Waals surface area contributed by atoms with Gasteiger partial charge in [-0.15, -0.1) is 17.0 Å². The van der Waals surface area contributed by atoms with Gasteiger partial charge in [-0.1, -0.05) is 57.2 Å². The van der Waals surface area contributed by atoms with E-state index in [-0.39, 0.29) is 17.0 Å². The molecule has 0 unspecified atom stereocenters. The van der Waals surface area contributed by atoms with E-state index >= 15 is 0 Å². The van der Waals surface area contributed by atoms with Crippen LogP contribution in [0.4, 0.5) is 5.69 Å². The van der Waals surface area contributed by atoms with Crippen molar-refractivity contribution in [2.75, 3.05) is 18.1 Å². The molecule has 150 valence electrons. The minimum Gasteiger partial charge on any atom is -0.358 e. The summed E-state index contributed by atoms with van der Waals surface area (Å²) in [4.78, 5) is 4.80. The maximum atomic E-state index is 2.44. The SMILES string of the molecule is Br.CCCCCCCCN1C=CN(c2ccc3c(c2)c2ccccc2n3C)C1. The number of unbranched alkanes of at least 4 members (excludes halogenated alkanes) is 5. The topological polar surface area (TPSA) is 11.4 Å². The second-order valence-corrected chi connectivity index (χ2v) is 7.77. The van der Waals surface area contributed by atoms with Gasteiger partial charge in [0.25, 0.3) is 0 Å². The molecule has 28 heavy (non-hydrogen) atoms. The summed E-state index contributed by atoms with van der Waals surface area (Å²) in [6.07, 6.45) is 12.6. The van der Waals surface area contributed by atoms with E-state index in [0.29, 0.717) is 0 Å². The third kappa shape index (κ3) is 4.22. The quantitative estimate of drug-likeness (QED) is 0.355. The summed E-state index contributed by atoms with van der Waals surface area (Å²) in [7, 11) is 2.16. The highest BCUT2D eigenvalue weighted by Gasteiger charge is 2.15. The third-order valence-electron chi connectivity index (χ3n) is 5.82. The summed E-state index contributed by atoms with van der Waals surface area (Å²) in [5.74, 6) is 0. The number of hydrogen-bond donors (Lipinski definition) is 0. The van der Waals surface area contributed by atoms with Crippen molar-refractivity contribution in [3.05, 3.63) is 54.9 Å². The summed E-state index contributed by atoms with van der Waals surface area (Å²) in [6.45, 7) is 4.40. The zero-order valence-corrected chi connectivity index (χ0v) is 18.8. The average Bonchev–Trinajstić information content (AvgIpc) is 3.28. The normalized spacial score (nSPS) is 13.6. The number of para-hydroxylation sites is 1. The van der Waals surface area contributed by atoms with Crippen LogP contribution in [0.2, 0.25) is 0 Å². The second-order valence-electron chi connectivity index (χ2n) is 7.77. The molecule has 0 N–H and O–H groups in total. The van der Waals surface area contributed by atoms with E-state index in [1.54, 1.807) is 0 Å². The van der Waals surface area contributed by atoms with Crippen LogP contribution in [-0.4, -0.2) is 22.7 Å². The van der Waals surface area contributed by atoms with Crippen LogP contribution in [0, 0.1) is 0 Å². The van der Waals surface area contributed by atoms with Gasteiger partial charge < -0.3 is 14.4 Å². The second kappa shape index (κ2) is 9.51. The Kier molecular flexibility index (Phi) is 7.06. The van der Waals surface area contributed by atoms with E-state index in [2.05, 4.69) is 83.2 Å². The molecule has 2 heterocycles. The summed E-state index contributed by atoms with van der Waals surface area (Å²) in [6, 6.07) is 15.5. The molecule has 0 saturated heterocycles. The van der Waals surface area contributed by atoms with Gasteiger partial charge in [-0.3, -0.25) is 0 Å². The van der Waals surface area contributed by atoms with Crippen LogP contribution < -0.4 is 4.90 Å². The summed E-state index contributed by atoms with van der Waals surface area (Å²) < 4.78 is 2.29. The first-order valence-electron chi connectivity index (χ1n) is 10.4. The van der Waals surface area contributed by atoms with Crippen molar-refractivity contribution in [3.8, 4) is 0 Å². The molecule has 2 aromatic carbocycles. The van der Waals surface area contributed by atoms with Gasteiger partial charge in [0.1, 0.15) is 0 Å². The van der Waals surface area contributed by atoms with Crippen molar-refractivity contribution in [1.29, 1.82) is 0 Å². The smallest absolute Gasteiger partial charge is 0.0941 e. The standard InChI is InChI=1S/C24H31N3.BrH/c1-3-4-5-6-7-10-15-26-16-17-27(19-26)20-13-14-24-22(18-20)21-11-8-9-12-23(21)25(24)2;/h8-9,11-14,16-18H,3-7,10,15,19H2,1-2H3;1H. The number of nitrogens with zero attached hydrogens (tertiary/aromatic N) is 3. The molecule has 0 fully saturated rings. The monoisotopic (exact) mass is 441 g/mol. The summed E-state index contributed by atoms with van der Waals surface area (Å²) >= 11 is 0. The number of aryl methyl sites for hydroxylation is 1. The maximum absolute atomic E-state index is 2.44. The van der Waals surface area contributed by atoms with E-state index < -0.39 is 0 Å². The largest absolute Gasteiger partial charge is 0.358 e. The Labute approximate surface area is 179 Å². The van der Waals surface area contributed by atoms with Gasteiger partial charge in [0, 0.05) is 53.5 Å². The fourth-order valence-electron chi connectivity index (χ4n) is 4.21. The first kappa shape index (κ1) is 20.8. The molecule has 4 heteroatoms.